The Kier molecular flexibility index (Phi) is 4.02. The molecule has 1 fully saturated rings. The van der Waals surface area contributed by atoms with Gasteiger partial charge < -0.3 is 9.42 Å². The maximum atomic E-state index is 5.38. The molecule has 118 valence electrons. The van der Waals surface area contributed by atoms with Crippen LogP contribution >= 0.6 is 0 Å². The Bertz CT molecular complexity index is 622. The minimum atomic E-state index is 0.422. The van der Waals surface area contributed by atoms with Crippen molar-refractivity contribution in [1.82, 2.24) is 19.9 Å². The number of nitrogens with zero attached hydrogens (tertiary/aromatic N) is 4. The van der Waals surface area contributed by atoms with Crippen LogP contribution in [0.2, 0.25) is 0 Å². The van der Waals surface area contributed by atoms with Crippen molar-refractivity contribution in [2.45, 2.75) is 26.9 Å². The summed E-state index contributed by atoms with van der Waals surface area (Å²) in [4.78, 5) is 8.99. The number of likely N-dealkylation sites (tertiary alicyclic amines) is 1. The predicted molar refractivity (Wildman–Crippen MR) is 86.2 cm³/mol. The van der Waals surface area contributed by atoms with E-state index in [1.165, 1.54) is 5.56 Å². The van der Waals surface area contributed by atoms with Crippen LogP contribution in [0.4, 0.5) is 0 Å². The van der Waals surface area contributed by atoms with E-state index in [-0.39, 0.29) is 0 Å². The molecule has 0 N–H and O–H groups in total. The van der Waals surface area contributed by atoms with Gasteiger partial charge in [0.05, 0.1) is 6.54 Å². The summed E-state index contributed by atoms with van der Waals surface area (Å²) >= 11 is 0. The van der Waals surface area contributed by atoms with Crippen LogP contribution in [0.5, 0.6) is 0 Å². The molecule has 0 atom stereocenters. The lowest BCUT2D eigenvalue weighted by Gasteiger charge is -2.45. The van der Waals surface area contributed by atoms with Crippen LogP contribution < -0.4 is 0 Å². The van der Waals surface area contributed by atoms with E-state index < -0.39 is 0 Å². The minimum Gasteiger partial charge on any atom is -0.338 e. The Morgan fingerprint density at radius 2 is 1.86 bits per heavy atom. The Morgan fingerprint density at radius 1 is 1.18 bits per heavy atom. The van der Waals surface area contributed by atoms with E-state index in [1.807, 2.05) is 0 Å². The number of aromatic nitrogens is 2. The molecule has 22 heavy (non-hydrogen) atoms. The van der Waals surface area contributed by atoms with E-state index in [0.29, 0.717) is 17.1 Å². The molecule has 1 aromatic carbocycles. The fourth-order valence-corrected chi connectivity index (χ4v) is 3.03. The molecule has 0 amide bonds. The summed E-state index contributed by atoms with van der Waals surface area (Å²) in [6, 6.07) is 8.34. The number of hydrogen-bond donors (Lipinski definition) is 0. The Morgan fingerprint density at radius 3 is 2.45 bits per heavy atom. The van der Waals surface area contributed by atoms with E-state index in [1.54, 1.807) is 0 Å². The fourth-order valence-electron chi connectivity index (χ4n) is 3.03. The minimum absolute atomic E-state index is 0.422. The second-order valence-electron chi connectivity index (χ2n) is 7.26. The monoisotopic (exact) mass is 300 g/mol. The van der Waals surface area contributed by atoms with Gasteiger partial charge in [-0.15, -0.1) is 0 Å². The van der Waals surface area contributed by atoms with Crippen molar-refractivity contribution in [2.24, 2.45) is 5.41 Å². The molecule has 0 aliphatic carbocycles. The fraction of sp³-hybridized carbons (Fsp3) is 0.529. The standard InChI is InChI=1S/C17H24N4O/c1-17(2)11-21(12-17)10-15-18-16(19-22-15)14-7-5-13(6-8-14)9-20(3)4/h5-8H,9-12H2,1-4H3. The van der Waals surface area contributed by atoms with Gasteiger partial charge in [-0.1, -0.05) is 43.3 Å². The third kappa shape index (κ3) is 3.54. The first-order valence-corrected chi connectivity index (χ1v) is 7.70. The van der Waals surface area contributed by atoms with Crippen molar-refractivity contribution in [3.8, 4) is 11.4 Å². The molecule has 1 aliphatic rings. The molecule has 2 heterocycles. The van der Waals surface area contributed by atoms with Crippen LogP contribution in [0.3, 0.4) is 0 Å². The molecule has 0 radical (unpaired) electrons. The third-order valence-corrected chi connectivity index (χ3v) is 3.84. The van der Waals surface area contributed by atoms with Crippen molar-refractivity contribution in [2.75, 3.05) is 27.2 Å². The summed E-state index contributed by atoms with van der Waals surface area (Å²) in [7, 11) is 4.13. The second kappa shape index (κ2) is 5.82. The Balaban J connectivity index is 1.63. The Labute approximate surface area is 131 Å². The van der Waals surface area contributed by atoms with E-state index in [4.69, 9.17) is 4.52 Å². The van der Waals surface area contributed by atoms with Gasteiger partial charge >= 0.3 is 0 Å². The van der Waals surface area contributed by atoms with Gasteiger partial charge in [0.15, 0.2) is 0 Å². The number of rotatable bonds is 5. The second-order valence-corrected chi connectivity index (χ2v) is 7.26. The summed E-state index contributed by atoms with van der Waals surface area (Å²) < 4.78 is 5.38. The smallest absolute Gasteiger partial charge is 0.241 e. The predicted octanol–water partition coefficient (Wildman–Crippen LogP) is 2.64. The van der Waals surface area contributed by atoms with Gasteiger partial charge in [0.1, 0.15) is 0 Å². The van der Waals surface area contributed by atoms with Crippen LogP contribution in [0, 0.1) is 5.41 Å². The number of hydrogen-bond acceptors (Lipinski definition) is 5. The zero-order chi connectivity index (χ0) is 15.7. The highest BCUT2D eigenvalue weighted by atomic mass is 16.5. The van der Waals surface area contributed by atoms with Crippen molar-refractivity contribution >= 4 is 0 Å². The van der Waals surface area contributed by atoms with Crippen LogP contribution in [-0.2, 0) is 13.1 Å². The molecule has 0 unspecified atom stereocenters. The first kappa shape index (κ1) is 15.2. The quantitative estimate of drug-likeness (QED) is 0.849. The molecule has 0 spiro atoms. The van der Waals surface area contributed by atoms with Gasteiger partial charge in [-0.05, 0) is 25.1 Å². The average molecular weight is 300 g/mol. The number of benzene rings is 1. The van der Waals surface area contributed by atoms with Crippen molar-refractivity contribution < 1.29 is 4.52 Å². The van der Waals surface area contributed by atoms with E-state index >= 15 is 0 Å². The molecule has 1 aliphatic heterocycles. The molecular formula is C17H24N4O. The highest BCUT2D eigenvalue weighted by Crippen LogP contribution is 2.29. The molecule has 2 aromatic rings. The average Bonchev–Trinajstić information content (AvgIpc) is 2.85. The van der Waals surface area contributed by atoms with Crippen LogP contribution in [0.25, 0.3) is 11.4 Å². The zero-order valence-electron chi connectivity index (χ0n) is 13.8. The Hall–Kier alpha value is -1.72. The summed E-state index contributed by atoms with van der Waals surface area (Å²) in [5, 5.41) is 4.10. The highest BCUT2D eigenvalue weighted by Gasteiger charge is 2.34. The molecule has 1 saturated heterocycles. The summed E-state index contributed by atoms with van der Waals surface area (Å²) in [6.07, 6.45) is 0. The van der Waals surface area contributed by atoms with Crippen LogP contribution in [0.1, 0.15) is 25.3 Å². The van der Waals surface area contributed by atoms with Gasteiger partial charge in [-0.3, -0.25) is 4.90 Å². The molecule has 5 nitrogen and oxygen atoms in total. The zero-order valence-corrected chi connectivity index (χ0v) is 13.8. The SMILES string of the molecule is CN(C)Cc1ccc(-c2noc(CN3CC(C)(C)C3)n2)cc1. The molecule has 0 saturated carbocycles. The molecule has 3 rings (SSSR count). The lowest BCUT2D eigenvalue weighted by molar-refractivity contribution is 0.0164. The normalized spacial score (nSPS) is 17.7. The van der Waals surface area contributed by atoms with Gasteiger partial charge in [-0.25, -0.2) is 0 Å². The highest BCUT2D eigenvalue weighted by molar-refractivity contribution is 5.54. The lowest BCUT2D eigenvalue weighted by Crippen LogP contribution is -2.52. The van der Waals surface area contributed by atoms with Crippen molar-refractivity contribution in [3.63, 3.8) is 0 Å². The first-order chi connectivity index (χ1) is 10.4. The van der Waals surface area contributed by atoms with E-state index in [9.17, 15) is 0 Å². The summed E-state index contributed by atoms with van der Waals surface area (Å²) in [5.74, 6) is 1.37. The van der Waals surface area contributed by atoms with Crippen LogP contribution in [-0.4, -0.2) is 47.1 Å². The first-order valence-electron chi connectivity index (χ1n) is 7.70. The van der Waals surface area contributed by atoms with Gasteiger partial charge in [0.2, 0.25) is 11.7 Å². The summed E-state index contributed by atoms with van der Waals surface area (Å²) in [6.45, 7) is 8.40. The topological polar surface area (TPSA) is 45.4 Å². The third-order valence-electron chi connectivity index (χ3n) is 3.84. The molecule has 5 heteroatoms. The lowest BCUT2D eigenvalue weighted by atomic mass is 9.84. The maximum absolute atomic E-state index is 5.38. The molecule has 1 aromatic heterocycles. The van der Waals surface area contributed by atoms with Crippen molar-refractivity contribution in [3.05, 3.63) is 35.7 Å². The van der Waals surface area contributed by atoms with Crippen molar-refractivity contribution in [1.29, 1.82) is 0 Å². The molecule has 0 bridgehead atoms. The van der Waals surface area contributed by atoms with Gasteiger partial charge in [-0.2, -0.15) is 4.98 Å². The molecular weight excluding hydrogens is 276 g/mol. The van der Waals surface area contributed by atoms with Gasteiger partial charge in [0, 0.05) is 25.2 Å². The van der Waals surface area contributed by atoms with E-state index in [0.717, 1.165) is 31.7 Å². The summed E-state index contributed by atoms with van der Waals surface area (Å²) in [5.41, 5.74) is 2.70. The van der Waals surface area contributed by atoms with Crippen LogP contribution in [0.15, 0.2) is 28.8 Å². The van der Waals surface area contributed by atoms with Gasteiger partial charge in [0.25, 0.3) is 0 Å². The maximum Gasteiger partial charge on any atom is 0.241 e. The van der Waals surface area contributed by atoms with E-state index in [2.05, 4.69) is 72.1 Å². The largest absolute Gasteiger partial charge is 0.338 e.